The zero-order valence-corrected chi connectivity index (χ0v) is 11.3. The van der Waals surface area contributed by atoms with Gasteiger partial charge in [0.15, 0.2) is 0 Å². The summed E-state index contributed by atoms with van der Waals surface area (Å²) in [5.74, 6) is 1.61. The molecule has 0 spiro atoms. The highest BCUT2D eigenvalue weighted by molar-refractivity contribution is 8.14. The lowest BCUT2D eigenvalue weighted by molar-refractivity contribution is -0.384. The van der Waals surface area contributed by atoms with Gasteiger partial charge in [0.25, 0.3) is 5.69 Å². The van der Waals surface area contributed by atoms with Crippen LogP contribution in [0.25, 0.3) is 0 Å². The number of benzene rings is 1. The highest BCUT2D eigenvalue weighted by Gasteiger charge is 2.21. The van der Waals surface area contributed by atoms with Crippen LogP contribution >= 0.6 is 11.8 Å². The molecule has 2 rings (SSSR count). The van der Waals surface area contributed by atoms with Gasteiger partial charge >= 0.3 is 0 Å². The number of nitro groups is 1. The lowest BCUT2D eigenvalue weighted by Crippen LogP contribution is -2.07. The van der Waals surface area contributed by atoms with Gasteiger partial charge in [-0.05, 0) is 12.3 Å². The molecule has 0 aromatic heterocycles. The maximum absolute atomic E-state index is 10.7. The van der Waals surface area contributed by atoms with E-state index in [4.69, 9.17) is 0 Å². The number of hydrogen-bond acceptors (Lipinski definition) is 4. The third-order valence-electron chi connectivity index (χ3n) is 2.76. The molecule has 1 aliphatic rings. The summed E-state index contributed by atoms with van der Waals surface area (Å²) >= 11 is 1.69. The Morgan fingerprint density at radius 3 is 3.00 bits per heavy atom. The molecule has 1 unspecified atom stereocenters. The summed E-state index contributed by atoms with van der Waals surface area (Å²) in [7, 11) is 0. The smallest absolute Gasteiger partial charge is 0.270 e. The monoisotopic (exact) mass is 264 g/mol. The van der Waals surface area contributed by atoms with Crippen LogP contribution in [0.2, 0.25) is 0 Å². The van der Waals surface area contributed by atoms with E-state index >= 15 is 0 Å². The fraction of sp³-hybridized carbons (Fsp3) is 0.462. The molecule has 4 nitrogen and oxygen atoms in total. The van der Waals surface area contributed by atoms with Gasteiger partial charge in [0.2, 0.25) is 0 Å². The summed E-state index contributed by atoms with van der Waals surface area (Å²) in [6.45, 7) is 4.37. The Morgan fingerprint density at radius 1 is 1.56 bits per heavy atom. The molecule has 0 N–H and O–H groups in total. The molecular weight excluding hydrogens is 248 g/mol. The van der Waals surface area contributed by atoms with Gasteiger partial charge in [0.05, 0.1) is 16.0 Å². The summed E-state index contributed by atoms with van der Waals surface area (Å²) < 4.78 is 0. The van der Waals surface area contributed by atoms with Crippen LogP contribution in [-0.4, -0.2) is 21.8 Å². The van der Waals surface area contributed by atoms with E-state index in [2.05, 4.69) is 18.8 Å². The van der Waals surface area contributed by atoms with E-state index in [1.54, 1.807) is 23.9 Å². The van der Waals surface area contributed by atoms with Crippen molar-refractivity contribution in [2.75, 3.05) is 5.75 Å². The van der Waals surface area contributed by atoms with Crippen molar-refractivity contribution >= 4 is 22.5 Å². The van der Waals surface area contributed by atoms with Crippen LogP contribution < -0.4 is 0 Å². The average Bonchev–Trinajstić information content (AvgIpc) is 2.77. The lowest BCUT2D eigenvalue weighted by atomic mass is 10.1. The Morgan fingerprint density at radius 2 is 2.33 bits per heavy atom. The molecule has 0 fully saturated rings. The van der Waals surface area contributed by atoms with Crippen molar-refractivity contribution in [1.29, 1.82) is 0 Å². The standard InChI is InChI=1S/C13H16N2O2S/c1-9(2)6-11-8-18-13(14-11)10-4-3-5-12(7-10)15(16)17/h3-5,7,9,11H,6,8H2,1-2H3. The molecule has 0 bridgehead atoms. The second-order valence-electron chi connectivity index (χ2n) is 4.84. The van der Waals surface area contributed by atoms with Crippen LogP contribution in [0.3, 0.4) is 0 Å². The van der Waals surface area contributed by atoms with Crippen LogP contribution in [0.1, 0.15) is 25.8 Å². The molecule has 0 saturated heterocycles. The Labute approximate surface area is 111 Å². The summed E-state index contributed by atoms with van der Waals surface area (Å²) in [5, 5.41) is 11.7. The number of hydrogen-bond donors (Lipinski definition) is 0. The lowest BCUT2D eigenvalue weighted by Gasteiger charge is -2.07. The second-order valence-corrected chi connectivity index (χ2v) is 5.84. The summed E-state index contributed by atoms with van der Waals surface area (Å²) in [4.78, 5) is 15.0. The predicted molar refractivity (Wildman–Crippen MR) is 75.3 cm³/mol. The molecule has 5 heteroatoms. The maximum Gasteiger partial charge on any atom is 0.270 e. The number of non-ortho nitro benzene ring substituents is 1. The van der Waals surface area contributed by atoms with E-state index in [1.807, 2.05) is 6.07 Å². The molecule has 0 saturated carbocycles. The van der Waals surface area contributed by atoms with Gasteiger partial charge in [-0.25, -0.2) is 0 Å². The van der Waals surface area contributed by atoms with Gasteiger partial charge in [-0.3, -0.25) is 15.1 Å². The molecule has 1 aliphatic heterocycles. The van der Waals surface area contributed by atoms with Crippen molar-refractivity contribution in [2.45, 2.75) is 26.3 Å². The van der Waals surface area contributed by atoms with E-state index in [-0.39, 0.29) is 10.6 Å². The number of nitro benzene ring substituents is 1. The predicted octanol–water partition coefficient (Wildman–Crippen LogP) is 3.50. The number of nitrogens with zero attached hydrogens (tertiary/aromatic N) is 2. The van der Waals surface area contributed by atoms with E-state index in [1.165, 1.54) is 6.07 Å². The summed E-state index contributed by atoms with van der Waals surface area (Å²) in [5.41, 5.74) is 0.989. The first-order valence-corrected chi connectivity index (χ1v) is 7.00. The van der Waals surface area contributed by atoms with Gasteiger partial charge in [-0.1, -0.05) is 26.0 Å². The van der Waals surface area contributed by atoms with Crippen LogP contribution in [0.4, 0.5) is 5.69 Å². The van der Waals surface area contributed by atoms with E-state index in [0.29, 0.717) is 12.0 Å². The minimum atomic E-state index is -0.366. The van der Waals surface area contributed by atoms with E-state index < -0.39 is 0 Å². The third kappa shape index (κ3) is 3.10. The average molecular weight is 264 g/mol. The zero-order chi connectivity index (χ0) is 13.1. The zero-order valence-electron chi connectivity index (χ0n) is 10.5. The number of aliphatic imine (C=N–C) groups is 1. The van der Waals surface area contributed by atoms with Crippen LogP contribution in [0.5, 0.6) is 0 Å². The molecule has 0 amide bonds. The molecule has 1 heterocycles. The molecular formula is C13H16N2O2S. The molecule has 1 atom stereocenters. The summed E-state index contributed by atoms with van der Waals surface area (Å²) in [6, 6.07) is 7.06. The fourth-order valence-corrected chi connectivity index (χ4v) is 3.07. The second kappa shape index (κ2) is 5.52. The first-order chi connectivity index (χ1) is 8.56. The highest BCUT2D eigenvalue weighted by atomic mass is 32.2. The van der Waals surface area contributed by atoms with Crippen LogP contribution in [0.15, 0.2) is 29.3 Å². The number of rotatable bonds is 4. The van der Waals surface area contributed by atoms with Gasteiger partial charge in [-0.15, -0.1) is 11.8 Å². The fourth-order valence-electron chi connectivity index (χ4n) is 1.99. The van der Waals surface area contributed by atoms with Gasteiger partial charge in [0.1, 0.15) is 0 Å². The van der Waals surface area contributed by atoms with E-state index in [0.717, 1.165) is 22.8 Å². The topological polar surface area (TPSA) is 55.5 Å². The SMILES string of the molecule is CC(C)CC1CSC(c2cccc([N+](=O)[O-])c2)=N1. The summed E-state index contributed by atoms with van der Waals surface area (Å²) in [6.07, 6.45) is 1.07. The normalized spacial score (nSPS) is 19.1. The van der Waals surface area contributed by atoms with Crippen LogP contribution in [-0.2, 0) is 0 Å². The van der Waals surface area contributed by atoms with Gasteiger partial charge in [-0.2, -0.15) is 0 Å². The minimum absolute atomic E-state index is 0.128. The number of thioether (sulfide) groups is 1. The van der Waals surface area contributed by atoms with Crippen molar-refractivity contribution in [3.05, 3.63) is 39.9 Å². The Kier molecular flexibility index (Phi) is 4.01. The first kappa shape index (κ1) is 13.1. The van der Waals surface area contributed by atoms with E-state index in [9.17, 15) is 10.1 Å². The maximum atomic E-state index is 10.7. The molecule has 0 aliphatic carbocycles. The van der Waals surface area contributed by atoms with Crippen molar-refractivity contribution in [3.63, 3.8) is 0 Å². The van der Waals surface area contributed by atoms with Crippen molar-refractivity contribution < 1.29 is 4.92 Å². The van der Waals surface area contributed by atoms with Gasteiger partial charge in [0, 0.05) is 23.4 Å². The Hall–Kier alpha value is -1.36. The minimum Gasteiger partial charge on any atom is -0.274 e. The van der Waals surface area contributed by atoms with Crippen molar-refractivity contribution in [1.82, 2.24) is 0 Å². The quantitative estimate of drug-likeness (QED) is 0.617. The highest BCUT2D eigenvalue weighted by Crippen LogP contribution is 2.28. The van der Waals surface area contributed by atoms with Gasteiger partial charge < -0.3 is 0 Å². The Bertz CT molecular complexity index is 486. The molecule has 96 valence electrons. The van der Waals surface area contributed by atoms with Crippen molar-refractivity contribution in [2.24, 2.45) is 10.9 Å². The molecule has 0 radical (unpaired) electrons. The first-order valence-electron chi connectivity index (χ1n) is 6.01. The molecule has 18 heavy (non-hydrogen) atoms. The largest absolute Gasteiger partial charge is 0.274 e. The van der Waals surface area contributed by atoms with Crippen molar-refractivity contribution in [3.8, 4) is 0 Å². The molecule has 1 aromatic carbocycles. The van der Waals surface area contributed by atoms with Crippen LogP contribution in [0, 0.1) is 16.0 Å². The molecule has 1 aromatic rings. The third-order valence-corrected chi connectivity index (χ3v) is 3.93. The Balaban J connectivity index is 2.17.